The zero-order valence-electron chi connectivity index (χ0n) is 5.94. The monoisotopic (exact) mass is 418 g/mol. The van der Waals surface area contributed by atoms with Gasteiger partial charge in [-0.25, -0.2) is 0 Å². The van der Waals surface area contributed by atoms with Crippen molar-refractivity contribution < 1.29 is 11.9 Å². The summed E-state index contributed by atoms with van der Waals surface area (Å²) in [7, 11) is 20.0. The SMILES string of the molecule is [CH-]1CCCCC1.[Cl][Pt]([Cl])([Cl])[Cl]. The molecule has 0 unspecified atom stereocenters. The fraction of sp³-hybridized carbons (Fsp3) is 0.833. The van der Waals surface area contributed by atoms with Crippen molar-refractivity contribution in [3.63, 3.8) is 0 Å². The minimum absolute atomic E-state index is 1.38. The molecule has 5 heteroatoms. The van der Waals surface area contributed by atoms with E-state index >= 15 is 0 Å². The molecule has 0 nitrogen and oxygen atoms in total. The molecule has 1 aliphatic rings. The molecular formula is C6H11Cl4Pt-. The molecule has 0 aliphatic heterocycles. The Morgan fingerprint density at radius 1 is 0.818 bits per heavy atom. The second-order valence-corrected chi connectivity index (χ2v) is 21.9. The van der Waals surface area contributed by atoms with Crippen LogP contribution in [-0.2, 0) is 11.9 Å². The summed E-state index contributed by atoms with van der Waals surface area (Å²) in [5, 5.41) is 0. The van der Waals surface area contributed by atoms with Crippen molar-refractivity contribution in [2.75, 3.05) is 0 Å². The van der Waals surface area contributed by atoms with Crippen LogP contribution in [0.3, 0.4) is 0 Å². The Kier molecular flexibility index (Phi) is 8.49. The third-order valence-corrected chi connectivity index (χ3v) is 1.32. The molecule has 0 aromatic heterocycles. The maximum atomic E-state index is 5.01. The van der Waals surface area contributed by atoms with Gasteiger partial charge in [0.2, 0.25) is 0 Å². The van der Waals surface area contributed by atoms with Gasteiger partial charge in [0.25, 0.3) is 0 Å². The molecule has 1 fully saturated rings. The van der Waals surface area contributed by atoms with Crippen molar-refractivity contribution in [2.24, 2.45) is 0 Å². The predicted octanol–water partition coefficient (Wildman–Crippen LogP) is 4.91. The van der Waals surface area contributed by atoms with E-state index in [1.807, 2.05) is 0 Å². The van der Waals surface area contributed by atoms with Gasteiger partial charge in [-0.05, 0) is 0 Å². The molecule has 1 rings (SSSR count). The van der Waals surface area contributed by atoms with Crippen LogP contribution in [0.5, 0.6) is 0 Å². The Labute approximate surface area is 87.4 Å². The van der Waals surface area contributed by atoms with Crippen molar-refractivity contribution in [1.82, 2.24) is 0 Å². The van der Waals surface area contributed by atoms with Gasteiger partial charge in [-0.1, -0.05) is 19.3 Å². The fourth-order valence-electron chi connectivity index (χ4n) is 0.898. The summed E-state index contributed by atoms with van der Waals surface area (Å²) in [5.74, 6) is 0. The number of rotatable bonds is 0. The van der Waals surface area contributed by atoms with Crippen LogP contribution in [0.2, 0.25) is 0 Å². The minimum atomic E-state index is -3.06. The summed E-state index contributed by atoms with van der Waals surface area (Å²) in [4.78, 5) is 0. The van der Waals surface area contributed by atoms with E-state index in [0.717, 1.165) is 0 Å². The van der Waals surface area contributed by atoms with Gasteiger partial charge in [0.1, 0.15) is 0 Å². The average Bonchev–Trinajstić information content (AvgIpc) is 1.88. The van der Waals surface area contributed by atoms with Crippen molar-refractivity contribution in [2.45, 2.75) is 32.1 Å². The maximum absolute atomic E-state index is 5.01. The molecule has 0 aromatic rings. The number of hydrogen-bond donors (Lipinski definition) is 0. The molecule has 74 valence electrons. The van der Waals surface area contributed by atoms with E-state index in [9.17, 15) is 0 Å². The molecule has 0 radical (unpaired) electrons. The summed E-state index contributed by atoms with van der Waals surface area (Å²) in [6.45, 7) is 0. The van der Waals surface area contributed by atoms with Gasteiger partial charge in [0.05, 0.1) is 0 Å². The number of halogens is 4. The van der Waals surface area contributed by atoms with Crippen LogP contribution in [0.4, 0.5) is 0 Å². The summed E-state index contributed by atoms with van der Waals surface area (Å²) in [6.07, 6.45) is 9.50. The van der Waals surface area contributed by atoms with Gasteiger partial charge in [-0.2, -0.15) is 12.8 Å². The summed E-state index contributed by atoms with van der Waals surface area (Å²) >= 11 is -3.06. The standard InChI is InChI=1S/C6H11.4ClH.Pt/c1-2-4-6-5-3-1;;;;;/h1H,2-6H2;4*1H;/q-1;;;;;+4/p-4. The molecule has 0 aromatic carbocycles. The molecule has 1 saturated carbocycles. The van der Waals surface area contributed by atoms with Crippen molar-refractivity contribution in [3.8, 4) is 0 Å². The summed E-state index contributed by atoms with van der Waals surface area (Å²) < 4.78 is 0. The van der Waals surface area contributed by atoms with E-state index in [0.29, 0.717) is 0 Å². The first-order chi connectivity index (χ1) is 5.00. The first kappa shape index (κ1) is 12.8. The zero-order chi connectivity index (χ0) is 8.74. The zero-order valence-corrected chi connectivity index (χ0v) is 11.2. The Hall–Kier alpha value is 1.85. The third-order valence-electron chi connectivity index (χ3n) is 1.32. The van der Waals surface area contributed by atoms with E-state index < -0.39 is 11.9 Å². The van der Waals surface area contributed by atoms with Gasteiger partial charge >= 0.3 is 49.6 Å². The molecule has 0 atom stereocenters. The Bertz CT molecular complexity index is 69.6. The molecule has 0 amide bonds. The first-order valence-corrected chi connectivity index (χ1v) is 14.6. The summed E-state index contributed by atoms with van der Waals surface area (Å²) in [5.41, 5.74) is 0. The predicted molar refractivity (Wildman–Crippen MR) is 50.8 cm³/mol. The van der Waals surface area contributed by atoms with Crippen molar-refractivity contribution in [1.29, 1.82) is 0 Å². The van der Waals surface area contributed by atoms with Crippen LogP contribution in [0.15, 0.2) is 0 Å². The topological polar surface area (TPSA) is 0 Å². The normalized spacial score (nSPS) is 20.0. The van der Waals surface area contributed by atoms with Gasteiger partial charge in [0, 0.05) is 0 Å². The van der Waals surface area contributed by atoms with E-state index in [-0.39, 0.29) is 0 Å². The van der Waals surface area contributed by atoms with Gasteiger partial charge in [-0.3, -0.25) is 0 Å². The van der Waals surface area contributed by atoms with Gasteiger partial charge < -0.3 is 6.42 Å². The molecule has 0 bridgehead atoms. The second kappa shape index (κ2) is 7.27. The Morgan fingerprint density at radius 3 is 1.27 bits per heavy atom. The number of hydrogen-bond acceptors (Lipinski definition) is 0. The van der Waals surface area contributed by atoms with Gasteiger partial charge in [0.15, 0.2) is 0 Å². The van der Waals surface area contributed by atoms with Crippen LogP contribution < -0.4 is 0 Å². The van der Waals surface area contributed by atoms with Crippen molar-refractivity contribution in [3.05, 3.63) is 6.42 Å². The Morgan fingerprint density at radius 2 is 1.18 bits per heavy atom. The molecule has 0 saturated heterocycles. The quantitative estimate of drug-likeness (QED) is 0.489. The fourth-order valence-corrected chi connectivity index (χ4v) is 0.898. The van der Waals surface area contributed by atoms with E-state index in [1.54, 1.807) is 0 Å². The van der Waals surface area contributed by atoms with Gasteiger partial charge in [-0.15, -0.1) is 0 Å². The van der Waals surface area contributed by atoms with Crippen LogP contribution >= 0.6 is 37.7 Å². The molecule has 0 spiro atoms. The summed E-state index contributed by atoms with van der Waals surface area (Å²) in [6, 6.07) is 0. The molecule has 1 aliphatic carbocycles. The van der Waals surface area contributed by atoms with Crippen LogP contribution in [0.1, 0.15) is 32.1 Å². The molecule has 0 heterocycles. The molecule has 0 N–H and O–H groups in total. The van der Waals surface area contributed by atoms with Crippen LogP contribution in [-0.4, -0.2) is 0 Å². The second-order valence-electron chi connectivity index (χ2n) is 2.20. The van der Waals surface area contributed by atoms with Crippen molar-refractivity contribution >= 4 is 37.7 Å². The Balaban J connectivity index is 0.000000187. The molecular weight excluding hydrogens is 409 g/mol. The molecule has 11 heavy (non-hydrogen) atoms. The van der Waals surface area contributed by atoms with E-state index in [4.69, 9.17) is 37.7 Å². The van der Waals surface area contributed by atoms with E-state index in [2.05, 4.69) is 6.42 Å². The van der Waals surface area contributed by atoms with Crippen LogP contribution in [0.25, 0.3) is 0 Å². The van der Waals surface area contributed by atoms with Crippen LogP contribution in [0, 0.1) is 6.42 Å². The third kappa shape index (κ3) is 18.7. The first-order valence-electron chi connectivity index (χ1n) is 3.29. The van der Waals surface area contributed by atoms with E-state index in [1.165, 1.54) is 32.1 Å². The average molecular weight is 420 g/mol.